The van der Waals surface area contributed by atoms with Crippen molar-refractivity contribution < 1.29 is 9.53 Å². The summed E-state index contributed by atoms with van der Waals surface area (Å²) in [5, 5.41) is 6.77. The van der Waals surface area contributed by atoms with Gasteiger partial charge in [0.25, 0.3) is 0 Å². The Morgan fingerprint density at radius 3 is 2.81 bits per heavy atom. The van der Waals surface area contributed by atoms with Crippen LogP contribution in [0.4, 0.5) is 0 Å². The first-order valence-corrected chi connectivity index (χ1v) is 10.1. The number of benzene rings is 1. The van der Waals surface area contributed by atoms with Crippen LogP contribution < -0.4 is 10.6 Å². The maximum absolute atomic E-state index is 11.8. The van der Waals surface area contributed by atoms with Gasteiger partial charge in [-0.05, 0) is 24.8 Å². The van der Waals surface area contributed by atoms with E-state index >= 15 is 0 Å². The van der Waals surface area contributed by atoms with Gasteiger partial charge in [0, 0.05) is 38.6 Å². The van der Waals surface area contributed by atoms with Gasteiger partial charge in [0.15, 0.2) is 5.96 Å². The molecule has 1 heterocycles. The molecule has 2 unspecified atom stereocenters. The van der Waals surface area contributed by atoms with E-state index in [1.54, 1.807) is 0 Å². The van der Waals surface area contributed by atoms with Crippen molar-refractivity contribution in [2.24, 2.45) is 10.9 Å². The molecule has 0 saturated carbocycles. The molecule has 0 bridgehead atoms. The number of nitrogens with one attached hydrogen (secondary N) is 2. The molecule has 6 heteroatoms. The fourth-order valence-corrected chi connectivity index (χ4v) is 3.09. The molecule has 2 rings (SSSR count). The van der Waals surface area contributed by atoms with Crippen LogP contribution in [0.2, 0.25) is 0 Å². The molecular weight excluding hydrogens is 340 g/mol. The number of hydrogen-bond acceptors (Lipinski definition) is 3. The van der Waals surface area contributed by atoms with E-state index in [1.165, 1.54) is 5.56 Å². The zero-order valence-electron chi connectivity index (χ0n) is 16.9. The first-order valence-electron chi connectivity index (χ1n) is 10.1. The van der Waals surface area contributed by atoms with E-state index in [-0.39, 0.29) is 11.9 Å². The van der Waals surface area contributed by atoms with Crippen molar-refractivity contribution in [3.63, 3.8) is 0 Å². The Morgan fingerprint density at radius 2 is 2.11 bits per heavy atom. The monoisotopic (exact) mass is 374 g/mol. The van der Waals surface area contributed by atoms with Gasteiger partial charge in [0.2, 0.25) is 5.91 Å². The van der Waals surface area contributed by atoms with E-state index in [0.29, 0.717) is 32.1 Å². The Balaban J connectivity index is 1.74. The molecule has 0 aromatic heterocycles. The summed E-state index contributed by atoms with van der Waals surface area (Å²) in [5.74, 6) is 1.39. The second-order valence-electron chi connectivity index (χ2n) is 7.15. The number of amides is 1. The van der Waals surface area contributed by atoms with Gasteiger partial charge in [0.1, 0.15) is 0 Å². The van der Waals surface area contributed by atoms with Crippen molar-refractivity contribution in [2.45, 2.75) is 46.3 Å². The van der Waals surface area contributed by atoms with Crippen LogP contribution in [-0.4, -0.2) is 55.6 Å². The van der Waals surface area contributed by atoms with Gasteiger partial charge in [-0.3, -0.25) is 9.79 Å². The van der Waals surface area contributed by atoms with Crippen LogP contribution >= 0.6 is 0 Å². The molecular formula is C21H34N4O2. The van der Waals surface area contributed by atoms with Gasteiger partial charge in [-0.15, -0.1) is 0 Å². The lowest BCUT2D eigenvalue weighted by atomic mass is 10.2. The minimum absolute atomic E-state index is 0.227. The molecule has 1 aliphatic rings. The van der Waals surface area contributed by atoms with Crippen LogP contribution in [0, 0.1) is 5.92 Å². The van der Waals surface area contributed by atoms with Crippen LogP contribution in [-0.2, 0) is 16.1 Å². The van der Waals surface area contributed by atoms with Gasteiger partial charge < -0.3 is 20.3 Å². The second kappa shape index (κ2) is 11.6. The van der Waals surface area contributed by atoms with Crippen LogP contribution in [0.3, 0.4) is 0 Å². The first kappa shape index (κ1) is 21.2. The molecule has 150 valence electrons. The SMILES string of the molecule is CCNC(=NCC(C)COCc1ccccc1)NC1CCN(C(=O)CC)C1. The molecule has 1 aliphatic heterocycles. The fourth-order valence-electron chi connectivity index (χ4n) is 3.09. The summed E-state index contributed by atoms with van der Waals surface area (Å²) >= 11 is 0. The van der Waals surface area contributed by atoms with E-state index < -0.39 is 0 Å². The van der Waals surface area contributed by atoms with E-state index in [9.17, 15) is 4.79 Å². The predicted octanol–water partition coefficient (Wildman–Crippen LogP) is 2.41. The number of hydrogen-bond donors (Lipinski definition) is 2. The smallest absolute Gasteiger partial charge is 0.222 e. The van der Waals surface area contributed by atoms with Gasteiger partial charge in [-0.25, -0.2) is 0 Å². The molecule has 0 aliphatic carbocycles. The van der Waals surface area contributed by atoms with Crippen LogP contribution in [0.15, 0.2) is 35.3 Å². The summed E-state index contributed by atoms with van der Waals surface area (Å²) in [6, 6.07) is 10.5. The van der Waals surface area contributed by atoms with Gasteiger partial charge >= 0.3 is 0 Å². The summed E-state index contributed by atoms with van der Waals surface area (Å²) in [6.45, 7) is 10.5. The molecule has 1 aromatic rings. The van der Waals surface area contributed by atoms with Gasteiger partial charge in [-0.2, -0.15) is 0 Å². The number of rotatable bonds is 9. The van der Waals surface area contributed by atoms with Crippen molar-refractivity contribution >= 4 is 11.9 Å². The van der Waals surface area contributed by atoms with E-state index in [2.05, 4.69) is 36.6 Å². The molecule has 6 nitrogen and oxygen atoms in total. The summed E-state index contributed by atoms with van der Waals surface area (Å²) in [6.07, 6.45) is 1.53. The lowest BCUT2D eigenvalue weighted by molar-refractivity contribution is -0.129. The zero-order chi connectivity index (χ0) is 19.5. The maximum Gasteiger partial charge on any atom is 0.222 e. The summed E-state index contributed by atoms with van der Waals surface area (Å²) in [4.78, 5) is 18.5. The van der Waals surface area contributed by atoms with Crippen molar-refractivity contribution in [1.82, 2.24) is 15.5 Å². The maximum atomic E-state index is 11.8. The van der Waals surface area contributed by atoms with Crippen molar-refractivity contribution in [2.75, 3.05) is 32.8 Å². The third-order valence-electron chi connectivity index (χ3n) is 4.60. The molecule has 2 atom stereocenters. The highest BCUT2D eigenvalue weighted by atomic mass is 16.5. The molecule has 1 amide bonds. The highest BCUT2D eigenvalue weighted by Gasteiger charge is 2.25. The van der Waals surface area contributed by atoms with Crippen LogP contribution in [0.1, 0.15) is 39.2 Å². The number of aliphatic imine (C=N–C) groups is 1. The molecule has 0 spiro atoms. The average Bonchev–Trinajstić information content (AvgIpc) is 3.15. The topological polar surface area (TPSA) is 66.0 Å². The molecule has 2 N–H and O–H groups in total. The first-order chi connectivity index (χ1) is 13.1. The molecule has 1 saturated heterocycles. The Morgan fingerprint density at radius 1 is 1.33 bits per heavy atom. The lowest BCUT2D eigenvalue weighted by Crippen LogP contribution is -2.45. The standard InChI is InChI=1S/C21H34N4O2/c1-4-20(26)25-12-11-19(14-25)24-21(22-5-2)23-13-17(3)15-27-16-18-9-7-6-8-10-18/h6-10,17,19H,4-5,11-16H2,1-3H3,(H2,22,23,24). The molecule has 1 aromatic carbocycles. The highest BCUT2D eigenvalue weighted by molar-refractivity contribution is 5.80. The number of guanidine groups is 1. The highest BCUT2D eigenvalue weighted by Crippen LogP contribution is 2.10. The Bertz CT molecular complexity index is 591. The summed E-state index contributed by atoms with van der Waals surface area (Å²) in [7, 11) is 0. The number of carbonyl (C=O) groups excluding carboxylic acids is 1. The van der Waals surface area contributed by atoms with Gasteiger partial charge in [-0.1, -0.05) is 44.2 Å². The molecule has 27 heavy (non-hydrogen) atoms. The normalized spacial score (nSPS) is 18.4. The number of carbonyl (C=O) groups is 1. The van der Waals surface area contributed by atoms with E-state index in [1.807, 2.05) is 30.0 Å². The number of nitrogens with zero attached hydrogens (tertiary/aromatic N) is 2. The fraction of sp³-hybridized carbons (Fsp3) is 0.619. The minimum atomic E-state index is 0.227. The number of likely N-dealkylation sites (tertiary alicyclic amines) is 1. The molecule has 1 fully saturated rings. The van der Waals surface area contributed by atoms with E-state index in [4.69, 9.17) is 9.73 Å². The predicted molar refractivity (Wildman–Crippen MR) is 110 cm³/mol. The van der Waals surface area contributed by atoms with Gasteiger partial charge in [0.05, 0.1) is 13.2 Å². The Labute approximate surface area is 163 Å². The van der Waals surface area contributed by atoms with Crippen LogP contribution in [0.25, 0.3) is 0 Å². The second-order valence-corrected chi connectivity index (χ2v) is 7.15. The quantitative estimate of drug-likeness (QED) is 0.515. The van der Waals surface area contributed by atoms with E-state index in [0.717, 1.165) is 32.0 Å². The van der Waals surface area contributed by atoms with Crippen LogP contribution in [0.5, 0.6) is 0 Å². The number of ether oxygens (including phenoxy) is 1. The third kappa shape index (κ3) is 7.59. The molecule has 0 radical (unpaired) electrons. The van der Waals surface area contributed by atoms with Crippen molar-refractivity contribution in [1.29, 1.82) is 0 Å². The minimum Gasteiger partial charge on any atom is -0.376 e. The Hall–Kier alpha value is -2.08. The summed E-state index contributed by atoms with van der Waals surface area (Å²) < 4.78 is 5.81. The van der Waals surface area contributed by atoms with Crippen molar-refractivity contribution in [3.05, 3.63) is 35.9 Å². The lowest BCUT2D eigenvalue weighted by Gasteiger charge is -2.19. The van der Waals surface area contributed by atoms with Crippen molar-refractivity contribution in [3.8, 4) is 0 Å². The summed E-state index contributed by atoms with van der Waals surface area (Å²) in [5.41, 5.74) is 1.19. The average molecular weight is 375 g/mol. The Kier molecular flexibility index (Phi) is 9.11. The zero-order valence-corrected chi connectivity index (χ0v) is 16.9. The third-order valence-corrected chi connectivity index (χ3v) is 4.60. The largest absolute Gasteiger partial charge is 0.376 e.